The minimum atomic E-state index is -1.21. The quantitative estimate of drug-likeness (QED) is 0.342. The Morgan fingerprint density at radius 3 is 1.97 bits per heavy atom. The summed E-state index contributed by atoms with van der Waals surface area (Å²) in [5, 5.41) is 4.48. The molecule has 32 heavy (non-hydrogen) atoms. The number of fused-ring (bicyclic) bond motifs is 2. The summed E-state index contributed by atoms with van der Waals surface area (Å²) in [6, 6.07) is 28.6. The smallest absolute Gasteiger partial charge is 0.341 e. The summed E-state index contributed by atoms with van der Waals surface area (Å²) >= 11 is 0. The summed E-state index contributed by atoms with van der Waals surface area (Å²) in [5.74, 6) is -0.385. The van der Waals surface area contributed by atoms with E-state index < -0.39 is 18.0 Å². The first-order chi connectivity index (χ1) is 15.6. The minimum Gasteiger partial charge on any atom is -0.464 e. The Hall–Kier alpha value is -3.21. The Kier molecular flexibility index (Phi) is 5.41. The Morgan fingerprint density at radius 1 is 0.812 bits per heavy atom. The number of ether oxygens (including phenoxy) is 3. The maximum absolute atomic E-state index is 13.2. The lowest BCUT2D eigenvalue weighted by Gasteiger charge is -2.29. The van der Waals surface area contributed by atoms with E-state index in [2.05, 4.69) is 48.5 Å². The van der Waals surface area contributed by atoms with Crippen molar-refractivity contribution in [2.75, 3.05) is 6.61 Å². The van der Waals surface area contributed by atoms with E-state index in [9.17, 15) is 4.79 Å². The number of carbonyl (C=O) groups excluding carboxylic acids is 1. The van der Waals surface area contributed by atoms with Crippen LogP contribution in [0.5, 0.6) is 0 Å². The van der Waals surface area contributed by atoms with Crippen molar-refractivity contribution >= 4 is 27.5 Å². The lowest BCUT2D eigenvalue weighted by molar-refractivity contribution is -0.174. The van der Waals surface area contributed by atoms with Crippen LogP contribution in [0.3, 0.4) is 0 Å². The van der Waals surface area contributed by atoms with Crippen molar-refractivity contribution in [3.05, 3.63) is 96.1 Å². The van der Waals surface area contributed by atoms with Crippen LogP contribution in [-0.4, -0.2) is 18.2 Å². The maximum atomic E-state index is 13.2. The van der Waals surface area contributed by atoms with Gasteiger partial charge in [0, 0.05) is 5.56 Å². The van der Waals surface area contributed by atoms with Crippen LogP contribution < -0.4 is 0 Å². The third kappa shape index (κ3) is 3.46. The predicted octanol–water partition coefficient (Wildman–Crippen LogP) is 6.49. The van der Waals surface area contributed by atoms with Crippen LogP contribution in [0.1, 0.15) is 43.8 Å². The summed E-state index contributed by atoms with van der Waals surface area (Å²) < 4.78 is 18.4. The molecule has 162 valence electrons. The van der Waals surface area contributed by atoms with Gasteiger partial charge in [-0.3, -0.25) is 0 Å². The van der Waals surface area contributed by atoms with Gasteiger partial charge in [-0.1, -0.05) is 79.7 Å². The number of benzene rings is 4. The van der Waals surface area contributed by atoms with Crippen molar-refractivity contribution in [1.82, 2.24) is 0 Å². The predicted molar refractivity (Wildman–Crippen MR) is 125 cm³/mol. The lowest BCUT2D eigenvalue weighted by Crippen LogP contribution is -2.44. The monoisotopic (exact) mass is 426 g/mol. The summed E-state index contributed by atoms with van der Waals surface area (Å²) in [4.78, 5) is 13.2. The molecule has 5 rings (SSSR count). The molecule has 0 spiro atoms. The Bertz CT molecular complexity index is 1280. The van der Waals surface area contributed by atoms with E-state index >= 15 is 0 Å². The van der Waals surface area contributed by atoms with Gasteiger partial charge in [-0.15, -0.1) is 0 Å². The molecule has 1 heterocycles. The average molecular weight is 427 g/mol. The molecule has 0 aromatic heterocycles. The first-order valence-corrected chi connectivity index (χ1v) is 11.1. The van der Waals surface area contributed by atoms with Crippen LogP contribution in [0.25, 0.3) is 21.5 Å². The van der Waals surface area contributed by atoms with Crippen molar-refractivity contribution < 1.29 is 19.0 Å². The minimum absolute atomic E-state index is 0.287. The molecular formula is C28H26O4. The molecule has 0 unspecified atom stereocenters. The highest BCUT2D eigenvalue weighted by Crippen LogP contribution is 2.50. The molecule has 1 fully saturated rings. The highest BCUT2D eigenvalue weighted by atomic mass is 16.8. The van der Waals surface area contributed by atoms with Crippen molar-refractivity contribution in [2.45, 2.75) is 38.3 Å². The van der Waals surface area contributed by atoms with E-state index in [1.54, 1.807) is 0 Å². The third-order valence-electron chi connectivity index (χ3n) is 6.27. The molecule has 0 aliphatic carbocycles. The van der Waals surface area contributed by atoms with Crippen LogP contribution in [-0.2, 0) is 19.0 Å². The largest absolute Gasteiger partial charge is 0.464 e. The topological polar surface area (TPSA) is 44.8 Å². The molecular weight excluding hydrogens is 400 g/mol. The van der Waals surface area contributed by atoms with Crippen LogP contribution in [0.4, 0.5) is 0 Å². The third-order valence-corrected chi connectivity index (χ3v) is 6.27. The van der Waals surface area contributed by atoms with E-state index in [1.807, 2.05) is 50.2 Å². The maximum Gasteiger partial charge on any atom is 0.341 e. The number of hydrogen-bond acceptors (Lipinski definition) is 4. The Morgan fingerprint density at radius 2 is 1.38 bits per heavy atom. The second-order valence-electron chi connectivity index (χ2n) is 8.14. The molecule has 4 heteroatoms. The zero-order valence-electron chi connectivity index (χ0n) is 18.3. The Labute approximate surface area is 187 Å². The van der Waals surface area contributed by atoms with Gasteiger partial charge in [0.25, 0.3) is 0 Å². The van der Waals surface area contributed by atoms with Crippen LogP contribution in [0.15, 0.2) is 84.9 Å². The second kappa shape index (κ2) is 8.38. The van der Waals surface area contributed by atoms with Crippen molar-refractivity contribution in [3.8, 4) is 0 Å². The molecule has 0 bridgehead atoms. The van der Waals surface area contributed by atoms with Gasteiger partial charge in [0.2, 0.25) is 0 Å². The fourth-order valence-corrected chi connectivity index (χ4v) is 4.56. The normalized spacial score (nSPS) is 22.9. The highest BCUT2D eigenvalue weighted by molar-refractivity contribution is 5.85. The van der Waals surface area contributed by atoms with Crippen molar-refractivity contribution in [1.29, 1.82) is 0 Å². The molecule has 3 atom stereocenters. The van der Waals surface area contributed by atoms with Gasteiger partial charge in [0.05, 0.1) is 6.61 Å². The standard InChI is InChI=1S/C28H26O4/c1-3-28(27(29)30-4-2)25(23-15-13-19-9-5-7-11-21(19)17-23)31-26(32-28)24-16-14-20-10-6-8-12-22(20)18-24/h5-18,25-26H,3-4H2,1-2H3/t25-,26-,28-/m1/s1. The van der Waals surface area contributed by atoms with Crippen LogP contribution >= 0.6 is 0 Å². The fourth-order valence-electron chi connectivity index (χ4n) is 4.56. The van der Waals surface area contributed by atoms with E-state index in [0.717, 1.165) is 32.7 Å². The molecule has 1 aliphatic heterocycles. The summed E-state index contributed by atoms with van der Waals surface area (Å²) in [7, 11) is 0. The first-order valence-electron chi connectivity index (χ1n) is 11.1. The zero-order valence-corrected chi connectivity index (χ0v) is 18.3. The van der Waals surface area contributed by atoms with E-state index in [-0.39, 0.29) is 12.6 Å². The molecule has 4 aromatic carbocycles. The molecule has 1 saturated heterocycles. The SMILES string of the molecule is CCOC(=O)[C@]1(CC)O[C@H](c2ccc3ccccc3c2)O[C@@H]1c1ccc2ccccc2c1. The molecule has 1 aliphatic rings. The van der Waals surface area contributed by atoms with Gasteiger partial charge in [-0.2, -0.15) is 0 Å². The molecule has 0 amide bonds. The number of esters is 1. The second-order valence-corrected chi connectivity index (χ2v) is 8.14. The molecule has 0 N–H and O–H groups in total. The fraction of sp³-hybridized carbons (Fsp3) is 0.250. The van der Waals surface area contributed by atoms with E-state index in [0.29, 0.717) is 6.42 Å². The summed E-state index contributed by atoms with van der Waals surface area (Å²) in [5.41, 5.74) is 0.574. The van der Waals surface area contributed by atoms with Crippen LogP contribution in [0.2, 0.25) is 0 Å². The molecule has 4 aromatic rings. The molecule has 4 nitrogen and oxygen atoms in total. The number of carbonyl (C=O) groups is 1. The summed E-state index contributed by atoms with van der Waals surface area (Å²) in [6.07, 6.45) is -0.805. The van der Waals surface area contributed by atoms with Gasteiger partial charge in [-0.25, -0.2) is 4.79 Å². The van der Waals surface area contributed by atoms with Gasteiger partial charge in [0.15, 0.2) is 11.9 Å². The number of hydrogen-bond donors (Lipinski definition) is 0. The number of rotatable bonds is 5. The van der Waals surface area contributed by atoms with Gasteiger partial charge in [0.1, 0.15) is 6.10 Å². The Balaban J connectivity index is 1.59. The molecule has 0 saturated carbocycles. The van der Waals surface area contributed by atoms with Crippen molar-refractivity contribution in [3.63, 3.8) is 0 Å². The van der Waals surface area contributed by atoms with Gasteiger partial charge >= 0.3 is 5.97 Å². The highest BCUT2D eigenvalue weighted by Gasteiger charge is 2.56. The lowest BCUT2D eigenvalue weighted by atomic mass is 9.88. The molecule has 0 radical (unpaired) electrons. The first kappa shape index (κ1) is 20.7. The van der Waals surface area contributed by atoms with Crippen molar-refractivity contribution in [2.24, 2.45) is 0 Å². The van der Waals surface area contributed by atoms with Gasteiger partial charge < -0.3 is 14.2 Å². The summed E-state index contributed by atoms with van der Waals surface area (Å²) in [6.45, 7) is 4.04. The van der Waals surface area contributed by atoms with Gasteiger partial charge in [-0.05, 0) is 52.6 Å². The van der Waals surface area contributed by atoms with E-state index in [1.165, 1.54) is 0 Å². The average Bonchev–Trinajstić information content (AvgIpc) is 3.25. The van der Waals surface area contributed by atoms with Crippen LogP contribution in [0, 0.1) is 0 Å². The zero-order chi connectivity index (χ0) is 22.1. The van der Waals surface area contributed by atoms with E-state index in [4.69, 9.17) is 14.2 Å².